The minimum atomic E-state index is -3.68. The lowest BCUT2D eigenvalue weighted by atomic mass is 10.1. The van der Waals surface area contributed by atoms with E-state index < -0.39 is 21.8 Å². The number of nitrogens with zero attached hydrogens (tertiary/aromatic N) is 2. The maximum absolute atomic E-state index is 12.3. The van der Waals surface area contributed by atoms with E-state index in [1.807, 2.05) is 0 Å². The summed E-state index contributed by atoms with van der Waals surface area (Å²) in [5.74, 6) is -0.733. The SMILES string of the molecule is O=C(N/N=C/c1ccc(CNS(=O)(=O)c2ccc(Br)cc2)o1)C(=O)N1CCCCC1. The molecule has 3 rings (SSSR count). The number of nitrogens with one attached hydrogen (secondary N) is 2. The quantitative estimate of drug-likeness (QED) is 0.359. The lowest BCUT2D eigenvalue weighted by Gasteiger charge is -2.25. The largest absolute Gasteiger partial charge is 0.459 e. The number of carbonyl (C=O) groups excluding carboxylic acids is 2. The molecule has 2 heterocycles. The molecule has 0 atom stereocenters. The third-order valence-electron chi connectivity index (χ3n) is 4.44. The van der Waals surface area contributed by atoms with Gasteiger partial charge < -0.3 is 9.32 Å². The Labute approximate surface area is 182 Å². The highest BCUT2D eigenvalue weighted by Crippen LogP contribution is 2.15. The van der Waals surface area contributed by atoms with Crippen LogP contribution >= 0.6 is 15.9 Å². The van der Waals surface area contributed by atoms with Crippen molar-refractivity contribution in [2.75, 3.05) is 13.1 Å². The fourth-order valence-corrected chi connectivity index (χ4v) is 4.12. The Hall–Kier alpha value is -2.50. The predicted molar refractivity (Wildman–Crippen MR) is 113 cm³/mol. The van der Waals surface area contributed by atoms with Crippen molar-refractivity contribution in [3.8, 4) is 0 Å². The number of halogens is 1. The first kappa shape index (κ1) is 22.2. The molecule has 2 N–H and O–H groups in total. The average molecular weight is 497 g/mol. The number of hydrogen-bond acceptors (Lipinski definition) is 6. The van der Waals surface area contributed by atoms with Crippen molar-refractivity contribution in [3.63, 3.8) is 0 Å². The molecule has 0 spiro atoms. The summed E-state index contributed by atoms with van der Waals surface area (Å²) in [4.78, 5) is 25.5. The van der Waals surface area contributed by atoms with Crippen molar-refractivity contribution < 1.29 is 22.4 Å². The summed E-state index contributed by atoms with van der Waals surface area (Å²) in [6, 6.07) is 9.42. The van der Waals surface area contributed by atoms with Gasteiger partial charge in [0.2, 0.25) is 10.0 Å². The molecule has 1 aromatic carbocycles. The first-order valence-corrected chi connectivity index (χ1v) is 11.6. The van der Waals surface area contributed by atoms with Crippen molar-refractivity contribution >= 4 is 44.0 Å². The smallest absolute Gasteiger partial charge is 0.329 e. The second-order valence-corrected chi connectivity index (χ2v) is 9.32. The molecule has 1 aliphatic rings. The number of furan rings is 1. The number of sulfonamides is 1. The van der Waals surface area contributed by atoms with Crippen LogP contribution in [0.5, 0.6) is 0 Å². The maximum Gasteiger partial charge on any atom is 0.329 e. The first-order valence-electron chi connectivity index (χ1n) is 9.31. The van der Waals surface area contributed by atoms with Gasteiger partial charge in [-0.15, -0.1) is 0 Å². The van der Waals surface area contributed by atoms with Gasteiger partial charge in [-0.05, 0) is 55.7 Å². The molecule has 30 heavy (non-hydrogen) atoms. The number of amides is 2. The average Bonchev–Trinajstić information content (AvgIpc) is 3.20. The molecular weight excluding hydrogens is 476 g/mol. The Morgan fingerprint density at radius 2 is 1.80 bits per heavy atom. The third kappa shape index (κ3) is 6.00. The zero-order chi connectivity index (χ0) is 21.6. The standard InChI is InChI=1S/C19H21BrN4O5S/c20-14-4-8-17(9-5-14)30(27,28)22-13-16-7-6-15(29-16)12-21-23-18(25)19(26)24-10-2-1-3-11-24/h4-9,12,22H,1-3,10-11,13H2,(H,23,25)/b21-12+. The van der Waals surface area contributed by atoms with Gasteiger partial charge in [0.15, 0.2) is 0 Å². The van der Waals surface area contributed by atoms with Crippen LogP contribution in [0.3, 0.4) is 0 Å². The molecule has 0 aliphatic carbocycles. The fourth-order valence-electron chi connectivity index (χ4n) is 2.87. The highest BCUT2D eigenvalue weighted by Gasteiger charge is 2.22. The van der Waals surface area contributed by atoms with E-state index in [9.17, 15) is 18.0 Å². The zero-order valence-electron chi connectivity index (χ0n) is 16.0. The lowest BCUT2D eigenvalue weighted by molar-refractivity contribution is -0.146. The number of piperidine rings is 1. The lowest BCUT2D eigenvalue weighted by Crippen LogP contribution is -2.43. The van der Waals surface area contributed by atoms with E-state index in [1.165, 1.54) is 23.2 Å². The summed E-state index contributed by atoms with van der Waals surface area (Å²) < 4.78 is 33.3. The highest BCUT2D eigenvalue weighted by molar-refractivity contribution is 9.10. The van der Waals surface area contributed by atoms with Crippen molar-refractivity contribution in [1.29, 1.82) is 0 Å². The van der Waals surface area contributed by atoms with Crippen molar-refractivity contribution in [1.82, 2.24) is 15.0 Å². The minimum absolute atomic E-state index is 0.0496. The molecule has 1 aromatic heterocycles. The molecule has 0 bridgehead atoms. The van der Waals surface area contributed by atoms with E-state index in [0.717, 1.165) is 23.7 Å². The second-order valence-electron chi connectivity index (χ2n) is 6.63. The maximum atomic E-state index is 12.3. The Bertz CT molecular complexity index is 1030. The summed E-state index contributed by atoms with van der Waals surface area (Å²) in [6.45, 7) is 1.10. The van der Waals surface area contributed by atoms with Crippen LogP contribution in [0.1, 0.15) is 30.8 Å². The van der Waals surface area contributed by atoms with Crippen molar-refractivity contribution in [2.45, 2.75) is 30.7 Å². The van der Waals surface area contributed by atoms with Gasteiger partial charge in [0.1, 0.15) is 11.5 Å². The van der Waals surface area contributed by atoms with Gasteiger partial charge in [-0.25, -0.2) is 18.6 Å². The van der Waals surface area contributed by atoms with E-state index in [1.54, 1.807) is 24.3 Å². The number of rotatable bonds is 6. The van der Waals surface area contributed by atoms with Crippen LogP contribution in [0, 0.1) is 0 Å². The van der Waals surface area contributed by atoms with Crippen LogP contribution in [-0.4, -0.2) is 44.4 Å². The molecule has 0 saturated carbocycles. The molecule has 160 valence electrons. The Kier molecular flexibility index (Phi) is 7.40. The number of hydrazone groups is 1. The van der Waals surface area contributed by atoms with Crippen molar-refractivity contribution in [2.24, 2.45) is 5.10 Å². The molecule has 11 heteroatoms. The second kappa shape index (κ2) is 10.0. The van der Waals surface area contributed by atoms with Gasteiger partial charge in [0, 0.05) is 17.6 Å². The Morgan fingerprint density at radius 1 is 1.10 bits per heavy atom. The van der Waals surface area contributed by atoms with Gasteiger partial charge in [0.05, 0.1) is 17.7 Å². The van der Waals surface area contributed by atoms with Gasteiger partial charge in [-0.2, -0.15) is 5.10 Å². The molecule has 1 saturated heterocycles. The van der Waals surface area contributed by atoms with Gasteiger partial charge in [0.25, 0.3) is 0 Å². The van der Waals surface area contributed by atoms with E-state index in [0.29, 0.717) is 24.6 Å². The molecule has 0 radical (unpaired) electrons. The summed E-state index contributed by atoms with van der Waals surface area (Å²) >= 11 is 3.26. The van der Waals surface area contributed by atoms with Crippen LogP contribution < -0.4 is 10.1 Å². The third-order valence-corrected chi connectivity index (χ3v) is 6.38. The minimum Gasteiger partial charge on any atom is -0.459 e. The summed E-state index contributed by atoms with van der Waals surface area (Å²) in [5.41, 5.74) is 2.18. The van der Waals surface area contributed by atoms with E-state index in [2.05, 4.69) is 31.2 Å². The molecule has 1 aliphatic heterocycles. The molecular formula is C19H21BrN4O5S. The highest BCUT2D eigenvalue weighted by atomic mass is 79.9. The summed E-state index contributed by atoms with van der Waals surface area (Å²) in [5, 5.41) is 3.73. The molecule has 2 amide bonds. The van der Waals surface area contributed by atoms with E-state index in [-0.39, 0.29) is 11.4 Å². The summed E-state index contributed by atoms with van der Waals surface area (Å²) in [7, 11) is -3.68. The van der Waals surface area contributed by atoms with Gasteiger partial charge >= 0.3 is 11.8 Å². The van der Waals surface area contributed by atoms with Crippen LogP contribution in [-0.2, 0) is 26.2 Å². The molecule has 9 nitrogen and oxygen atoms in total. The number of carbonyl (C=O) groups is 2. The summed E-state index contributed by atoms with van der Waals surface area (Å²) in [6.07, 6.45) is 4.09. The van der Waals surface area contributed by atoms with Crippen molar-refractivity contribution in [3.05, 3.63) is 52.4 Å². The predicted octanol–water partition coefficient (Wildman–Crippen LogP) is 1.98. The fraction of sp³-hybridized carbons (Fsp3) is 0.316. The van der Waals surface area contributed by atoms with E-state index >= 15 is 0 Å². The molecule has 0 unspecified atom stereocenters. The van der Waals surface area contributed by atoms with E-state index in [4.69, 9.17) is 4.42 Å². The van der Waals surface area contributed by atoms with Crippen LogP contribution in [0.2, 0.25) is 0 Å². The Morgan fingerprint density at radius 3 is 2.50 bits per heavy atom. The van der Waals surface area contributed by atoms with Crippen LogP contribution in [0.25, 0.3) is 0 Å². The number of likely N-dealkylation sites (tertiary alicyclic amines) is 1. The molecule has 1 fully saturated rings. The van der Waals surface area contributed by atoms with Gasteiger partial charge in [-0.3, -0.25) is 9.59 Å². The number of hydrogen-bond donors (Lipinski definition) is 2. The zero-order valence-corrected chi connectivity index (χ0v) is 18.4. The van der Waals surface area contributed by atoms with Gasteiger partial charge in [-0.1, -0.05) is 15.9 Å². The monoisotopic (exact) mass is 496 g/mol. The number of benzene rings is 1. The molecule has 2 aromatic rings. The van der Waals surface area contributed by atoms with Crippen LogP contribution in [0.15, 0.2) is 55.3 Å². The Balaban J connectivity index is 1.50. The first-order chi connectivity index (χ1) is 14.3. The van der Waals surface area contributed by atoms with Crippen LogP contribution in [0.4, 0.5) is 0 Å². The normalized spacial score (nSPS) is 14.8. The topological polar surface area (TPSA) is 121 Å².